The van der Waals surface area contributed by atoms with Gasteiger partial charge in [0, 0.05) is 36.8 Å². The van der Waals surface area contributed by atoms with E-state index in [0.29, 0.717) is 5.92 Å². The Labute approximate surface area is 190 Å². The first-order valence-electron chi connectivity index (χ1n) is 11.4. The van der Waals surface area contributed by atoms with Gasteiger partial charge in [-0.3, -0.25) is 9.88 Å². The summed E-state index contributed by atoms with van der Waals surface area (Å²) in [4.78, 5) is 6.67. The highest BCUT2D eigenvalue weighted by Gasteiger charge is 2.36. The smallest absolute Gasteiger partial charge is 0.142 e. The molecule has 1 aliphatic rings. The lowest BCUT2D eigenvalue weighted by Crippen LogP contribution is -2.50. The fraction of sp³-hybridized carbons (Fsp3) is 0.370. The molecule has 2 heterocycles. The predicted molar refractivity (Wildman–Crippen MR) is 131 cm³/mol. The number of likely N-dealkylation sites (tertiary alicyclic amines) is 1. The Kier molecular flexibility index (Phi) is 7.20. The van der Waals surface area contributed by atoms with Crippen molar-refractivity contribution >= 4 is 17.0 Å². The third kappa shape index (κ3) is 5.18. The van der Waals surface area contributed by atoms with Crippen LogP contribution in [-0.4, -0.2) is 48.3 Å². The van der Waals surface area contributed by atoms with E-state index >= 15 is 0 Å². The number of nitrogens with zero attached hydrogens (tertiary/aromatic N) is 2. The normalized spacial score (nSPS) is 19.3. The van der Waals surface area contributed by atoms with Crippen LogP contribution in [0.2, 0.25) is 0 Å². The number of ether oxygens (including phenoxy) is 1. The minimum absolute atomic E-state index is 0.503. The van der Waals surface area contributed by atoms with E-state index in [-0.39, 0.29) is 0 Å². The minimum atomic E-state index is -1.07. The largest absolute Gasteiger partial charge is 0.497 e. The summed E-state index contributed by atoms with van der Waals surface area (Å²) in [6.07, 6.45) is 8.35. The number of fused-ring (bicyclic) bond motifs is 1. The summed E-state index contributed by atoms with van der Waals surface area (Å²) in [5, 5.41) is 16.1. The summed E-state index contributed by atoms with van der Waals surface area (Å²) in [7, 11) is 1.66. The highest BCUT2D eigenvalue weighted by Crippen LogP contribution is 2.35. The maximum Gasteiger partial charge on any atom is 0.142 e. The Morgan fingerprint density at radius 3 is 2.88 bits per heavy atom. The molecule has 32 heavy (non-hydrogen) atoms. The highest BCUT2D eigenvalue weighted by atomic mass is 16.5. The van der Waals surface area contributed by atoms with Crippen LogP contribution in [0.1, 0.15) is 30.9 Å². The average molecular weight is 432 g/mol. The maximum atomic E-state index is 11.7. The number of rotatable bonds is 8. The number of methoxy groups -OCH3 is 1. The van der Waals surface area contributed by atoms with Gasteiger partial charge < -0.3 is 15.2 Å². The van der Waals surface area contributed by atoms with Gasteiger partial charge in [0.2, 0.25) is 0 Å². The van der Waals surface area contributed by atoms with E-state index in [9.17, 15) is 5.11 Å². The zero-order valence-electron chi connectivity index (χ0n) is 19.0. The van der Waals surface area contributed by atoms with Gasteiger partial charge in [-0.15, -0.1) is 0 Å². The van der Waals surface area contributed by atoms with Crippen LogP contribution in [-0.2, 0) is 5.72 Å². The number of aliphatic hydroxyl groups is 1. The van der Waals surface area contributed by atoms with E-state index < -0.39 is 5.72 Å². The number of hydrogen-bond acceptors (Lipinski definition) is 5. The molecule has 5 nitrogen and oxygen atoms in total. The molecule has 1 fully saturated rings. The maximum absolute atomic E-state index is 11.7. The van der Waals surface area contributed by atoms with Crippen molar-refractivity contribution < 1.29 is 9.84 Å². The summed E-state index contributed by atoms with van der Waals surface area (Å²) in [6, 6.07) is 18.1. The highest BCUT2D eigenvalue weighted by molar-refractivity contribution is 5.84. The first-order valence-corrected chi connectivity index (χ1v) is 11.4. The molecule has 168 valence electrons. The molecule has 2 atom stereocenters. The monoisotopic (exact) mass is 431 g/mol. The summed E-state index contributed by atoms with van der Waals surface area (Å²) >= 11 is 0. The quantitative estimate of drug-likeness (QED) is 0.517. The number of pyridine rings is 1. The van der Waals surface area contributed by atoms with Crippen LogP contribution in [0.15, 0.2) is 66.9 Å². The Balaban J connectivity index is 1.40. The zero-order chi connectivity index (χ0) is 22.4. The SMILES string of the molecule is COc1ccc2nccc(C(C)(O)N3CCCC(CNCC=Cc4ccccc4)C3)c2c1. The predicted octanol–water partition coefficient (Wildman–Crippen LogP) is 4.42. The summed E-state index contributed by atoms with van der Waals surface area (Å²) in [5.41, 5.74) is 1.89. The molecule has 0 spiro atoms. The van der Waals surface area contributed by atoms with Crippen molar-refractivity contribution in [2.24, 2.45) is 5.92 Å². The first-order chi connectivity index (χ1) is 15.6. The van der Waals surface area contributed by atoms with Crippen LogP contribution in [0.4, 0.5) is 0 Å². The molecule has 2 aromatic carbocycles. The van der Waals surface area contributed by atoms with Gasteiger partial charge in [-0.05, 0) is 62.1 Å². The fourth-order valence-electron chi connectivity index (χ4n) is 4.59. The molecule has 3 aromatic rings. The van der Waals surface area contributed by atoms with Crippen molar-refractivity contribution in [3.05, 3.63) is 78.0 Å². The van der Waals surface area contributed by atoms with Gasteiger partial charge in [0.05, 0.1) is 12.6 Å². The van der Waals surface area contributed by atoms with Crippen molar-refractivity contribution in [2.45, 2.75) is 25.5 Å². The molecule has 0 radical (unpaired) electrons. The Bertz CT molecular complexity index is 1050. The van der Waals surface area contributed by atoms with Crippen LogP contribution in [0.25, 0.3) is 17.0 Å². The van der Waals surface area contributed by atoms with Gasteiger partial charge in [0.15, 0.2) is 0 Å². The van der Waals surface area contributed by atoms with E-state index in [4.69, 9.17) is 4.74 Å². The van der Waals surface area contributed by atoms with E-state index in [2.05, 4.69) is 51.6 Å². The minimum Gasteiger partial charge on any atom is -0.497 e. The molecular formula is C27H33N3O2. The third-order valence-electron chi connectivity index (χ3n) is 6.40. The Morgan fingerprint density at radius 2 is 2.06 bits per heavy atom. The molecule has 2 N–H and O–H groups in total. The van der Waals surface area contributed by atoms with Crippen LogP contribution in [0.5, 0.6) is 5.75 Å². The second-order valence-electron chi connectivity index (χ2n) is 8.69. The van der Waals surface area contributed by atoms with E-state index in [1.807, 2.05) is 37.3 Å². The van der Waals surface area contributed by atoms with E-state index in [1.165, 1.54) is 12.0 Å². The Morgan fingerprint density at radius 1 is 1.22 bits per heavy atom. The van der Waals surface area contributed by atoms with Gasteiger partial charge in [-0.25, -0.2) is 0 Å². The van der Waals surface area contributed by atoms with E-state index in [1.54, 1.807) is 13.3 Å². The lowest BCUT2D eigenvalue weighted by Gasteiger charge is -2.43. The summed E-state index contributed by atoms with van der Waals surface area (Å²) in [5.74, 6) is 1.27. The molecule has 5 heteroatoms. The van der Waals surface area contributed by atoms with Crippen LogP contribution < -0.4 is 10.1 Å². The van der Waals surface area contributed by atoms with Crippen molar-refractivity contribution in [2.75, 3.05) is 33.3 Å². The van der Waals surface area contributed by atoms with Crippen molar-refractivity contribution in [3.63, 3.8) is 0 Å². The molecular weight excluding hydrogens is 398 g/mol. The van der Waals surface area contributed by atoms with Crippen LogP contribution in [0, 0.1) is 5.92 Å². The standard InChI is InChI=1S/C27H33N3O2/c1-27(31,25-14-16-29-26-13-12-23(32-2)18-24(25)26)30-17-7-11-22(20-30)19-28-15-6-10-21-8-4-3-5-9-21/h3-6,8-10,12-14,16,18,22,28,31H,7,11,15,17,19-20H2,1-2H3. The number of hydrogen-bond donors (Lipinski definition) is 2. The van der Waals surface area contributed by atoms with Gasteiger partial charge in [-0.1, -0.05) is 42.5 Å². The Hall–Kier alpha value is -2.73. The second kappa shape index (κ2) is 10.3. The molecule has 0 aliphatic carbocycles. The molecule has 1 saturated heterocycles. The molecule has 0 bridgehead atoms. The number of nitrogens with one attached hydrogen (secondary N) is 1. The number of benzene rings is 2. The number of piperidine rings is 1. The first kappa shape index (κ1) is 22.5. The van der Waals surface area contributed by atoms with Gasteiger partial charge in [0.25, 0.3) is 0 Å². The van der Waals surface area contributed by atoms with Crippen molar-refractivity contribution in [3.8, 4) is 5.75 Å². The van der Waals surface area contributed by atoms with Gasteiger partial charge in [0.1, 0.15) is 11.5 Å². The zero-order valence-corrected chi connectivity index (χ0v) is 19.0. The molecule has 4 rings (SSSR count). The molecule has 1 aromatic heterocycles. The third-order valence-corrected chi connectivity index (χ3v) is 6.40. The van der Waals surface area contributed by atoms with E-state index in [0.717, 1.165) is 54.8 Å². The van der Waals surface area contributed by atoms with Crippen molar-refractivity contribution in [1.82, 2.24) is 15.2 Å². The van der Waals surface area contributed by atoms with Gasteiger partial charge in [-0.2, -0.15) is 0 Å². The molecule has 0 saturated carbocycles. The molecule has 2 unspecified atom stereocenters. The lowest BCUT2D eigenvalue weighted by atomic mass is 9.92. The average Bonchev–Trinajstić information content (AvgIpc) is 2.84. The van der Waals surface area contributed by atoms with Gasteiger partial charge >= 0.3 is 0 Å². The topological polar surface area (TPSA) is 57.6 Å². The number of aromatic nitrogens is 1. The molecule has 0 amide bonds. The van der Waals surface area contributed by atoms with Crippen molar-refractivity contribution in [1.29, 1.82) is 0 Å². The fourth-order valence-corrected chi connectivity index (χ4v) is 4.59. The van der Waals surface area contributed by atoms with Crippen LogP contribution >= 0.6 is 0 Å². The molecule has 1 aliphatic heterocycles. The second-order valence-corrected chi connectivity index (χ2v) is 8.69. The van der Waals surface area contributed by atoms with Crippen LogP contribution in [0.3, 0.4) is 0 Å². The lowest BCUT2D eigenvalue weighted by molar-refractivity contribution is -0.116. The summed E-state index contributed by atoms with van der Waals surface area (Å²) < 4.78 is 5.41. The summed E-state index contributed by atoms with van der Waals surface area (Å²) in [6.45, 7) is 5.42.